The predicted molar refractivity (Wildman–Crippen MR) is 255 cm³/mol. The van der Waals surface area contributed by atoms with E-state index in [-0.39, 0.29) is 54.6 Å². The van der Waals surface area contributed by atoms with E-state index in [9.17, 15) is 0 Å². The quantitative estimate of drug-likeness (QED) is 0.239. The fraction of sp³-hybridized carbons (Fsp3) is 0. The molecular formula is C42H18B10N2S2. The summed E-state index contributed by atoms with van der Waals surface area (Å²) in [6, 6.07) is 36.6. The summed E-state index contributed by atoms with van der Waals surface area (Å²) in [7, 11) is 65.7. The SMILES string of the molecule is [B]c1c([B])c([B])c(N(c2ccc3sc4ccccc4c3c2)c2cccc3c2sc2cccc(N(c4ccccc4)c4c([B])c([B])c([B])c([B])c4[B])c23)c([B])c1[B]. The van der Waals surface area contributed by atoms with Crippen LogP contribution in [-0.4, -0.2) is 78.5 Å². The second kappa shape index (κ2) is 14.0. The first-order valence-corrected chi connectivity index (χ1v) is 19.1. The van der Waals surface area contributed by atoms with Crippen LogP contribution in [-0.2, 0) is 0 Å². The van der Waals surface area contributed by atoms with Crippen LogP contribution in [0.4, 0.5) is 34.1 Å². The average Bonchev–Trinajstić information content (AvgIpc) is 3.80. The van der Waals surface area contributed by atoms with Crippen molar-refractivity contribution in [3.63, 3.8) is 0 Å². The summed E-state index contributed by atoms with van der Waals surface area (Å²) in [5, 5.41) is 4.10. The number of hydrogen-bond donors (Lipinski definition) is 0. The lowest BCUT2D eigenvalue weighted by molar-refractivity contribution is 1.33. The number of benzene rings is 7. The van der Waals surface area contributed by atoms with Gasteiger partial charge in [-0.3, -0.25) is 0 Å². The number of rotatable bonds is 6. The van der Waals surface area contributed by atoms with Crippen LogP contribution in [0.5, 0.6) is 0 Å². The Morgan fingerprint density at radius 1 is 0.339 bits per heavy atom. The molecule has 2 aromatic heterocycles. The maximum atomic E-state index is 6.85. The minimum atomic E-state index is 0.135. The van der Waals surface area contributed by atoms with Gasteiger partial charge < -0.3 is 9.80 Å². The molecular weight excluding hydrogens is 705 g/mol. The standard InChI is InChI=1S/C42H18B10N2S2/c43-30-32(45)36(49)40(37(50)33(30)46)53(19-8-2-1-3-9-19)24-12-7-15-28-29(24)22-11-6-13-25(42(22)56-28)54(41-38(51)34(47)31(44)35(48)39(41)52)20-16-17-27-23(18-20)21-10-4-5-14-26(21)55-27/h1-18H. The second-order valence-corrected chi connectivity index (χ2v) is 15.7. The molecule has 0 N–H and O–H groups in total. The van der Waals surface area contributed by atoms with Crippen molar-refractivity contribution in [1.29, 1.82) is 0 Å². The molecule has 0 unspecified atom stereocenters. The minimum absolute atomic E-state index is 0.135. The molecule has 14 heteroatoms. The number of thiophene rings is 2. The Balaban J connectivity index is 1.36. The van der Waals surface area contributed by atoms with Crippen LogP contribution in [0.1, 0.15) is 0 Å². The molecule has 9 rings (SSSR count). The molecule has 0 aliphatic heterocycles. The van der Waals surface area contributed by atoms with E-state index in [4.69, 9.17) is 78.5 Å². The number of anilines is 6. The molecule has 0 saturated carbocycles. The number of para-hydroxylation sites is 1. The molecule has 0 saturated heterocycles. The van der Waals surface area contributed by atoms with E-state index >= 15 is 0 Å². The van der Waals surface area contributed by atoms with E-state index in [1.54, 1.807) is 22.7 Å². The Hall–Kier alpha value is -4.77. The fourth-order valence-electron chi connectivity index (χ4n) is 7.54. The molecule has 9 aromatic rings. The van der Waals surface area contributed by atoms with Crippen LogP contribution in [0.15, 0.2) is 109 Å². The van der Waals surface area contributed by atoms with Crippen molar-refractivity contribution in [2.75, 3.05) is 9.80 Å². The van der Waals surface area contributed by atoms with E-state index in [2.05, 4.69) is 42.5 Å². The molecule has 0 bridgehead atoms. The van der Waals surface area contributed by atoms with Gasteiger partial charge in [-0.1, -0.05) is 76.4 Å². The van der Waals surface area contributed by atoms with Crippen LogP contribution in [0.2, 0.25) is 0 Å². The summed E-state index contributed by atoms with van der Waals surface area (Å²) in [6.07, 6.45) is 0. The molecule has 0 amide bonds. The first kappa shape index (κ1) is 36.8. The van der Waals surface area contributed by atoms with Crippen molar-refractivity contribution in [2.45, 2.75) is 0 Å². The highest BCUT2D eigenvalue weighted by Crippen LogP contribution is 2.49. The highest BCUT2D eigenvalue weighted by atomic mass is 32.1. The van der Waals surface area contributed by atoms with Gasteiger partial charge in [0.25, 0.3) is 0 Å². The number of hydrogen-bond acceptors (Lipinski definition) is 4. The van der Waals surface area contributed by atoms with Gasteiger partial charge in [0, 0.05) is 58.4 Å². The zero-order valence-corrected chi connectivity index (χ0v) is 31.5. The first-order chi connectivity index (χ1) is 27.0. The van der Waals surface area contributed by atoms with Gasteiger partial charge in [0.1, 0.15) is 78.5 Å². The minimum Gasteiger partial charge on any atom is -0.311 e. The average molecular weight is 723 g/mol. The molecule has 0 aliphatic carbocycles. The fourth-order valence-corrected chi connectivity index (χ4v) is 9.85. The molecule has 0 spiro atoms. The summed E-state index contributed by atoms with van der Waals surface area (Å²) < 4.78 is 4.23. The Labute approximate surface area is 347 Å². The first-order valence-electron chi connectivity index (χ1n) is 17.5. The van der Waals surface area contributed by atoms with Crippen LogP contribution >= 0.6 is 22.7 Å². The molecule has 2 nitrogen and oxygen atoms in total. The Morgan fingerprint density at radius 2 is 0.821 bits per heavy atom. The van der Waals surface area contributed by atoms with Gasteiger partial charge in [0.2, 0.25) is 0 Å². The van der Waals surface area contributed by atoms with Crippen LogP contribution < -0.4 is 64.4 Å². The maximum Gasteiger partial charge on any atom is 0.115 e. The maximum absolute atomic E-state index is 6.85. The molecule has 0 fully saturated rings. The third-order valence-electron chi connectivity index (χ3n) is 10.4. The molecule has 0 aliphatic rings. The molecule has 2 heterocycles. The zero-order valence-electron chi connectivity index (χ0n) is 29.9. The van der Waals surface area contributed by atoms with Gasteiger partial charge in [0.05, 0.1) is 16.1 Å². The van der Waals surface area contributed by atoms with E-state index < -0.39 is 0 Å². The Bertz CT molecular complexity index is 3010. The number of fused-ring (bicyclic) bond motifs is 6. The molecule has 56 heavy (non-hydrogen) atoms. The highest BCUT2D eigenvalue weighted by molar-refractivity contribution is 7.26. The summed E-state index contributed by atoms with van der Waals surface area (Å²) in [4.78, 5) is 4.00. The lowest BCUT2D eigenvalue weighted by Gasteiger charge is -2.33. The van der Waals surface area contributed by atoms with Crippen molar-refractivity contribution in [1.82, 2.24) is 0 Å². The van der Waals surface area contributed by atoms with Crippen LogP contribution in [0, 0.1) is 0 Å². The third kappa shape index (κ3) is 5.58. The Morgan fingerprint density at radius 3 is 1.46 bits per heavy atom. The number of nitrogens with zero attached hydrogens (tertiary/aromatic N) is 2. The third-order valence-corrected chi connectivity index (χ3v) is 12.7. The highest BCUT2D eigenvalue weighted by Gasteiger charge is 2.26. The summed E-state index contributed by atoms with van der Waals surface area (Å²) in [5.74, 6) is 0. The van der Waals surface area contributed by atoms with Crippen molar-refractivity contribution in [2.24, 2.45) is 0 Å². The van der Waals surface area contributed by atoms with Gasteiger partial charge in [-0.15, -0.1) is 55.5 Å². The van der Waals surface area contributed by atoms with Crippen LogP contribution in [0.25, 0.3) is 40.3 Å². The van der Waals surface area contributed by atoms with E-state index in [1.807, 2.05) is 76.5 Å². The van der Waals surface area contributed by atoms with Gasteiger partial charge in [-0.25, -0.2) is 0 Å². The smallest absolute Gasteiger partial charge is 0.115 e. The van der Waals surface area contributed by atoms with Crippen molar-refractivity contribution >= 4 is 230 Å². The molecule has 0 atom stereocenters. The van der Waals surface area contributed by atoms with Gasteiger partial charge in [-0.05, 0) is 54.6 Å². The van der Waals surface area contributed by atoms with Crippen LogP contribution in [0.3, 0.4) is 0 Å². The van der Waals surface area contributed by atoms with Gasteiger partial charge in [0.15, 0.2) is 0 Å². The Kier molecular flexibility index (Phi) is 9.21. The van der Waals surface area contributed by atoms with E-state index in [1.165, 1.54) is 4.70 Å². The van der Waals surface area contributed by atoms with E-state index in [0.717, 1.165) is 58.4 Å². The summed E-state index contributed by atoms with van der Waals surface area (Å²) in [5.41, 5.74) is 5.74. The molecule has 20 radical (unpaired) electrons. The molecule has 238 valence electrons. The second-order valence-electron chi connectivity index (χ2n) is 13.5. The van der Waals surface area contributed by atoms with Gasteiger partial charge >= 0.3 is 0 Å². The predicted octanol–water partition coefficient (Wildman–Crippen LogP) is 1.30. The lowest BCUT2D eigenvalue weighted by Crippen LogP contribution is -2.56. The monoisotopic (exact) mass is 724 g/mol. The van der Waals surface area contributed by atoms with Gasteiger partial charge in [-0.2, -0.15) is 0 Å². The zero-order chi connectivity index (χ0) is 39.2. The van der Waals surface area contributed by atoms with E-state index in [0.29, 0.717) is 11.4 Å². The van der Waals surface area contributed by atoms with Crippen molar-refractivity contribution in [3.8, 4) is 0 Å². The largest absolute Gasteiger partial charge is 0.311 e. The molecule has 7 aromatic carbocycles. The normalized spacial score (nSPS) is 11.6. The van der Waals surface area contributed by atoms with Crippen molar-refractivity contribution in [3.05, 3.63) is 109 Å². The van der Waals surface area contributed by atoms with Crippen molar-refractivity contribution < 1.29 is 0 Å². The summed E-state index contributed by atoms with van der Waals surface area (Å²) in [6.45, 7) is 0. The summed E-state index contributed by atoms with van der Waals surface area (Å²) >= 11 is 3.34. The topological polar surface area (TPSA) is 6.48 Å². The lowest BCUT2D eigenvalue weighted by atomic mass is 9.61.